The van der Waals surface area contributed by atoms with Crippen molar-refractivity contribution in [1.82, 2.24) is 19.5 Å². The number of nitrogens with zero attached hydrogens (tertiary/aromatic N) is 4. The fourth-order valence-corrected chi connectivity index (χ4v) is 4.23. The van der Waals surface area contributed by atoms with Crippen molar-refractivity contribution >= 4 is 25.6 Å². The number of nitrogens with two attached hydrogens (primary N) is 1. The molecule has 4 unspecified atom stereocenters. The lowest BCUT2D eigenvalue weighted by molar-refractivity contribution is -0.0485. The summed E-state index contributed by atoms with van der Waals surface area (Å²) in [6.45, 7) is 6.09. The van der Waals surface area contributed by atoms with Crippen molar-refractivity contribution in [1.29, 1.82) is 0 Å². The maximum Gasteiger partial charge on any atom is 0.327 e. The first-order chi connectivity index (χ1) is 20.5. The molecule has 0 saturated carbocycles. The van der Waals surface area contributed by atoms with Crippen molar-refractivity contribution in [3.8, 4) is 0 Å². The molecule has 0 aliphatic carbocycles. The molecule has 0 aromatic carbocycles. The van der Waals surface area contributed by atoms with Crippen LogP contribution in [0.3, 0.4) is 0 Å². The van der Waals surface area contributed by atoms with Gasteiger partial charge in [0.25, 0.3) is 0 Å². The third-order valence-corrected chi connectivity index (χ3v) is 6.44. The second-order valence-corrected chi connectivity index (χ2v) is 9.89. The lowest BCUT2D eigenvalue weighted by atomic mass is 10.1. The second-order valence-electron chi connectivity index (χ2n) is 9.13. The standard InChI is InChI=1S/C24H43N6O11P/c25-3-1-5-35-7-9-37-11-13-39-14-12-38-10-8-36-6-2-4-26-22-19-23(28-16-27-22)30(17-29-19)24-21(32)20(31)18(41-24)15-40-42(33)34/h16-18,20-21,24,31-34H,1-15,25H2,(H,26,27,28). The van der Waals surface area contributed by atoms with Crippen molar-refractivity contribution in [3.63, 3.8) is 0 Å². The molecule has 0 radical (unpaired) electrons. The number of ether oxygens (including phenoxy) is 6. The number of aliphatic hydroxyl groups excluding tert-OH is 2. The van der Waals surface area contributed by atoms with Gasteiger partial charge in [0, 0.05) is 19.8 Å². The molecule has 7 N–H and O–H groups in total. The number of aromatic nitrogens is 4. The molecular weight excluding hydrogens is 579 g/mol. The Morgan fingerprint density at radius 2 is 1.43 bits per heavy atom. The van der Waals surface area contributed by atoms with Gasteiger partial charge in [-0.2, -0.15) is 0 Å². The van der Waals surface area contributed by atoms with E-state index in [1.54, 1.807) is 0 Å². The Balaban J connectivity index is 1.23. The average Bonchev–Trinajstić information content (AvgIpc) is 3.54. The summed E-state index contributed by atoms with van der Waals surface area (Å²) < 4.78 is 39.2. The van der Waals surface area contributed by atoms with Gasteiger partial charge in [0.2, 0.25) is 0 Å². The summed E-state index contributed by atoms with van der Waals surface area (Å²) in [5.74, 6) is 0.502. The molecule has 4 atom stereocenters. The first-order valence-corrected chi connectivity index (χ1v) is 15.0. The summed E-state index contributed by atoms with van der Waals surface area (Å²) in [6, 6.07) is 0. The SMILES string of the molecule is NCCCOCCOCCOCCOCCOCCCNc1ncnc2c1ncn2C1OC(COP(O)O)C(O)C1O. The van der Waals surface area contributed by atoms with E-state index < -0.39 is 33.1 Å². The number of fused-ring (bicyclic) bond motifs is 1. The molecule has 2 aromatic heterocycles. The van der Waals surface area contributed by atoms with Crippen LogP contribution in [0.5, 0.6) is 0 Å². The molecule has 17 nitrogen and oxygen atoms in total. The number of aliphatic hydroxyl groups is 2. The molecule has 0 amide bonds. The molecule has 1 aliphatic rings. The summed E-state index contributed by atoms with van der Waals surface area (Å²) >= 11 is 0. The van der Waals surface area contributed by atoms with Crippen LogP contribution in [-0.4, -0.2) is 144 Å². The second kappa shape index (κ2) is 20.3. The molecule has 0 spiro atoms. The highest BCUT2D eigenvalue weighted by Crippen LogP contribution is 2.34. The fourth-order valence-electron chi connectivity index (χ4n) is 3.95. The van der Waals surface area contributed by atoms with Gasteiger partial charge in [-0.3, -0.25) is 4.57 Å². The maximum atomic E-state index is 10.5. The molecule has 1 fully saturated rings. The summed E-state index contributed by atoms with van der Waals surface area (Å²) in [6.07, 6.45) is -0.199. The predicted molar refractivity (Wildman–Crippen MR) is 149 cm³/mol. The topological polar surface area (TPSA) is 227 Å². The van der Waals surface area contributed by atoms with Gasteiger partial charge in [-0.25, -0.2) is 15.0 Å². The number of hydrogen-bond acceptors (Lipinski definition) is 16. The van der Waals surface area contributed by atoms with E-state index in [0.717, 1.165) is 6.42 Å². The molecule has 3 rings (SSSR count). The Bertz CT molecular complexity index is 994. The molecule has 42 heavy (non-hydrogen) atoms. The van der Waals surface area contributed by atoms with Gasteiger partial charge in [0.15, 0.2) is 23.2 Å². The highest BCUT2D eigenvalue weighted by Gasteiger charge is 2.44. The van der Waals surface area contributed by atoms with E-state index in [0.29, 0.717) is 103 Å². The number of hydrogen-bond donors (Lipinski definition) is 6. The predicted octanol–water partition coefficient (Wildman–Crippen LogP) is -1.09. The van der Waals surface area contributed by atoms with Crippen LogP contribution in [0.2, 0.25) is 0 Å². The van der Waals surface area contributed by atoms with E-state index in [9.17, 15) is 10.2 Å². The molecule has 0 bridgehead atoms. The molecule has 18 heteroatoms. The van der Waals surface area contributed by atoms with Crippen LogP contribution in [0.1, 0.15) is 19.1 Å². The largest absolute Gasteiger partial charge is 0.387 e. The zero-order chi connectivity index (χ0) is 30.0. The van der Waals surface area contributed by atoms with Crippen molar-refractivity contribution < 1.29 is 52.9 Å². The number of imidazole rings is 1. The molecule has 2 aromatic rings. The van der Waals surface area contributed by atoms with Crippen molar-refractivity contribution in [3.05, 3.63) is 12.7 Å². The van der Waals surface area contributed by atoms with Crippen molar-refractivity contribution in [2.24, 2.45) is 5.73 Å². The lowest BCUT2D eigenvalue weighted by Crippen LogP contribution is -2.33. The Morgan fingerprint density at radius 1 is 0.833 bits per heavy atom. The van der Waals surface area contributed by atoms with Crippen LogP contribution < -0.4 is 11.1 Å². The molecule has 1 aliphatic heterocycles. The first kappa shape index (κ1) is 34.8. The maximum absolute atomic E-state index is 10.5. The van der Waals surface area contributed by atoms with Gasteiger partial charge >= 0.3 is 8.60 Å². The van der Waals surface area contributed by atoms with E-state index in [-0.39, 0.29) is 6.61 Å². The van der Waals surface area contributed by atoms with Gasteiger partial charge in [0.05, 0.1) is 65.8 Å². The summed E-state index contributed by atoms with van der Waals surface area (Å²) in [5, 5.41) is 23.9. The Kier molecular flexibility index (Phi) is 16.8. The monoisotopic (exact) mass is 622 g/mol. The minimum Gasteiger partial charge on any atom is -0.387 e. The van der Waals surface area contributed by atoms with Crippen LogP contribution in [0, 0.1) is 0 Å². The molecule has 240 valence electrons. The zero-order valence-corrected chi connectivity index (χ0v) is 24.4. The molecular formula is C24H43N6O11P. The van der Waals surface area contributed by atoms with E-state index in [1.165, 1.54) is 17.2 Å². The highest BCUT2D eigenvalue weighted by atomic mass is 31.2. The van der Waals surface area contributed by atoms with Gasteiger partial charge in [-0.15, -0.1) is 0 Å². The smallest absolute Gasteiger partial charge is 0.327 e. The molecule has 1 saturated heterocycles. The number of anilines is 1. The molecule has 3 heterocycles. The first-order valence-electron chi connectivity index (χ1n) is 13.9. The Morgan fingerprint density at radius 3 is 2.02 bits per heavy atom. The highest BCUT2D eigenvalue weighted by molar-refractivity contribution is 7.39. The summed E-state index contributed by atoms with van der Waals surface area (Å²) in [4.78, 5) is 30.7. The Labute approximate surface area is 245 Å². The van der Waals surface area contributed by atoms with Crippen molar-refractivity contribution in [2.75, 3.05) is 91.1 Å². The Hall–Kier alpha value is -1.70. The normalized spacial score (nSPS) is 20.7. The van der Waals surface area contributed by atoms with Crippen LogP contribution in [0.15, 0.2) is 12.7 Å². The van der Waals surface area contributed by atoms with Crippen molar-refractivity contribution in [2.45, 2.75) is 37.4 Å². The van der Waals surface area contributed by atoms with Gasteiger partial charge in [0.1, 0.15) is 24.6 Å². The quantitative estimate of drug-likeness (QED) is 0.0603. The minimum atomic E-state index is -2.61. The van der Waals surface area contributed by atoms with E-state index >= 15 is 0 Å². The van der Waals surface area contributed by atoms with Gasteiger partial charge < -0.3 is 64.0 Å². The zero-order valence-electron chi connectivity index (χ0n) is 23.5. The number of rotatable bonds is 24. The van der Waals surface area contributed by atoms with E-state index in [2.05, 4.69) is 20.3 Å². The summed E-state index contributed by atoms with van der Waals surface area (Å²) in [7, 11) is -2.61. The van der Waals surface area contributed by atoms with E-state index in [4.69, 9.17) is 48.5 Å². The minimum absolute atomic E-state index is 0.298. The van der Waals surface area contributed by atoms with Crippen LogP contribution in [0.4, 0.5) is 5.82 Å². The lowest BCUT2D eigenvalue weighted by Gasteiger charge is -2.16. The van der Waals surface area contributed by atoms with E-state index in [1.807, 2.05) is 0 Å². The number of nitrogens with one attached hydrogen (secondary N) is 1. The fraction of sp³-hybridized carbons (Fsp3) is 0.792. The average molecular weight is 623 g/mol. The van der Waals surface area contributed by atoms with Gasteiger partial charge in [-0.05, 0) is 19.4 Å². The third kappa shape index (κ3) is 11.8. The third-order valence-electron chi connectivity index (χ3n) is 6.06. The van der Waals surface area contributed by atoms with Gasteiger partial charge in [-0.1, -0.05) is 0 Å². The van der Waals surface area contributed by atoms with Crippen LogP contribution in [-0.2, 0) is 32.9 Å². The van der Waals surface area contributed by atoms with Crippen LogP contribution >= 0.6 is 8.60 Å². The summed E-state index contributed by atoms with van der Waals surface area (Å²) in [5.41, 5.74) is 6.25. The van der Waals surface area contributed by atoms with Crippen LogP contribution in [0.25, 0.3) is 11.2 Å².